The molecule has 0 unspecified atom stereocenters. The molecular weight excluding hydrogens is 519 g/mol. The molecule has 10 heteroatoms. The topological polar surface area (TPSA) is 107 Å². The SMILES string of the molecule is O=C(O[C@H](CCCl)C(=O)c1ccc(Cl)cc1)[C@H]1CC(=O)N(c2ccc(-c3ccc([N+](=O)[O-])cc3)cc2)C1. The molecule has 2 atom stereocenters. The Labute approximate surface area is 222 Å². The summed E-state index contributed by atoms with van der Waals surface area (Å²) in [6, 6.07) is 19.5. The number of non-ortho nitro benzene ring substituents is 1. The van der Waals surface area contributed by atoms with E-state index in [-0.39, 0.29) is 42.6 Å². The quantitative estimate of drug-likeness (QED) is 0.113. The largest absolute Gasteiger partial charge is 0.454 e. The van der Waals surface area contributed by atoms with Crippen LogP contribution in [0.25, 0.3) is 11.1 Å². The predicted molar refractivity (Wildman–Crippen MR) is 140 cm³/mol. The Morgan fingerprint density at radius 2 is 1.59 bits per heavy atom. The van der Waals surface area contributed by atoms with Crippen molar-refractivity contribution in [3.63, 3.8) is 0 Å². The number of nitro groups is 1. The van der Waals surface area contributed by atoms with Gasteiger partial charge in [-0.2, -0.15) is 0 Å². The molecular formula is C27H22Cl2N2O6. The molecule has 0 radical (unpaired) electrons. The van der Waals surface area contributed by atoms with Crippen molar-refractivity contribution in [2.24, 2.45) is 5.92 Å². The fourth-order valence-corrected chi connectivity index (χ4v) is 4.43. The molecule has 190 valence electrons. The van der Waals surface area contributed by atoms with Crippen molar-refractivity contribution in [1.29, 1.82) is 0 Å². The number of nitro benzene ring substituents is 1. The molecule has 0 N–H and O–H groups in total. The van der Waals surface area contributed by atoms with Crippen LogP contribution in [0, 0.1) is 16.0 Å². The number of amides is 1. The Kier molecular flexibility index (Phi) is 8.21. The molecule has 4 rings (SSSR count). The molecule has 3 aromatic rings. The van der Waals surface area contributed by atoms with Crippen LogP contribution in [0.5, 0.6) is 0 Å². The maximum absolute atomic E-state index is 12.9. The molecule has 3 aromatic carbocycles. The van der Waals surface area contributed by atoms with Crippen LogP contribution in [0.4, 0.5) is 11.4 Å². The molecule has 0 spiro atoms. The molecule has 1 heterocycles. The third-order valence-corrected chi connectivity index (χ3v) is 6.57. The standard InChI is InChI=1S/C27H22Cl2N2O6/c28-14-13-24(26(33)19-1-7-21(29)8-2-19)37-27(34)20-15-25(32)30(16-20)22-9-3-17(4-10-22)18-5-11-23(12-6-18)31(35)36/h1-12,20,24H,13-16H2/t20-,24+/m0/s1. The smallest absolute Gasteiger partial charge is 0.312 e. The van der Waals surface area contributed by atoms with Gasteiger partial charge in [-0.15, -0.1) is 11.6 Å². The lowest BCUT2D eigenvalue weighted by Gasteiger charge is -2.19. The van der Waals surface area contributed by atoms with Crippen LogP contribution in [-0.4, -0.2) is 41.1 Å². The number of esters is 1. The predicted octanol–water partition coefficient (Wildman–Crippen LogP) is 5.69. The third kappa shape index (κ3) is 6.15. The van der Waals surface area contributed by atoms with E-state index in [1.54, 1.807) is 60.7 Å². The Morgan fingerprint density at radius 3 is 2.16 bits per heavy atom. The first-order chi connectivity index (χ1) is 17.8. The van der Waals surface area contributed by atoms with Gasteiger partial charge in [-0.25, -0.2) is 0 Å². The number of hydrogen-bond acceptors (Lipinski definition) is 6. The summed E-state index contributed by atoms with van der Waals surface area (Å²) >= 11 is 11.7. The summed E-state index contributed by atoms with van der Waals surface area (Å²) in [5.41, 5.74) is 2.59. The number of carbonyl (C=O) groups is 3. The lowest BCUT2D eigenvalue weighted by atomic mass is 10.0. The van der Waals surface area contributed by atoms with Crippen molar-refractivity contribution < 1.29 is 24.0 Å². The normalized spacial score (nSPS) is 15.9. The Morgan fingerprint density at radius 1 is 1.00 bits per heavy atom. The van der Waals surface area contributed by atoms with Gasteiger partial charge in [0, 0.05) is 53.7 Å². The van der Waals surface area contributed by atoms with Gasteiger partial charge in [0.2, 0.25) is 11.7 Å². The number of ether oxygens (including phenoxy) is 1. The molecule has 0 aromatic heterocycles. The van der Waals surface area contributed by atoms with E-state index in [2.05, 4.69) is 0 Å². The van der Waals surface area contributed by atoms with E-state index >= 15 is 0 Å². The second-order valence-electron chi connectivity index (χ2n) is 8.53. The fourth-order valence-electron chi connectivity index (χ4n) is 4.10. The zero-order valence-electron chi connectivity index (χ0n) is 19.5. The zero-order chi connectivity index (χ0) is 26.5. The highest BCUT2D eigenvalue weighted by Crippen LogP contribution is 2.30. The summed E-state index contributed by atoms with van der Waals surface area (Å²) in [5, 5.41) is 11.3. The van der Waals surface area contributed by atoms with Crippen LogP contribution in [0.3, 0.4) is 0 Å². The highest BCUT2D eigenvalue weighted by Gasteiger charge is 2.38. The zero-order valence-corrected chi connectivity index (χ0v) is 21.0. The fraction of sp³-hybridized carbons (Fsp3) is 0.222. The monoisotopic (exact) mass is 540 g/mol. The average molecular weight is 541 g/mol. The minimum absolute atomic E-state index is 0.00381. The second-order valence-corrected chi connectivity index (χ2v) is 9.34. The number of Topliss-reactive ketones (excluding diaryl/α,β-unsaturated/α-hetero) is 1. The summed E-state index contributed by atoms with van der Waals surface area (Å²) < 4.78 is 5.52. The lowest BCUT2D eigenvalue weighted by Crippen LogP contribution is -2.32. The van der Waals surface area contributed by atoms with E-state index in [1.165, 1.54) is 17.0 Å². The van der Waals surface area contributed by atoms with Crippen molar-refractivity contribution in [3.05, 3.63) is 93.5 Å². The first-order valence-electron chi connectivity index (χ1n) is 11.5. The van der Waals surface area contributed by atoms with Crippen molar-refractivity contribution in [3.8, 4) is 11.1 Å². The van der Waals surface area contributed by atoms with Gasteiger partial charge in [-0.1, -0.05) is 23.7 Å². The van der Waals surface area contributed by atoms with Gasteiger partial charge in [0.1, 0.15) is 0 Å². The Bertz CT molecular complexity index is 1310. The van der Waals surface area contributed by atoms with Crippen LogP contribution in [0.2, 0.25) is 5.02 Å². The van der Waals surface area contributed by atoms with Gasteiger partial charge in [0.25, 0.3) is 5.69 Å². The molecule has 1 amide bonds. The van der Waals surface area contributed by atoms with Crippen LogP contribution >= 0.6 is 23.2 Å². The molecule has 1 aliphatic rings. The van der Waals surface area contributed by atoms with Crippen molar-refractivity contribution >= 4 is 52.2 Å². The van der Waals surface area contributed by atoms with Crippen LogP contribution in [0.15, 0.2) is 72.8 Å². The first-order valence-corrected chi connectivity index (χ1v) is 12.4. The minimum atomic E-state index is -1.06. The summed E-state index contributed by atoms with van der Waals surface area (Å²) in [4.78, 5) is 50.3. The van der Waals surface area contributed by atoms with Gasteiger partial charge in [0.05, 0.1) is 10.8 Å². The van der Waals surface area contributed by atoms with E-state index in [0.29, 0.717) is 16.3 Å². The molecule has 1 aliphatic heterocycles. The van der Waals surface area contributed by atoms with Crippen molar-refractivity contribution in [1.82, 2.24) is 0 Å². The highest BCUT2D eigenvalue weighted by atomic mass is 35.5. The number of anilines is 1. The second kappa shape index (κ2) is 11.5. The first kappa shape index (κ1) is 26.3. The van der Waals surface area contributed by atoms with Crippen molar-refractivity contribution in [2.75, 3.05) is 17.3 Å². The van der Waals surface area contributed by atoms with Crippen molar-refractivity contribution in [2.45, 2.75) is 18.9 Å². The summed E-state index contributed by atoms with van der Waals surface area (Å²) in [5.74, 6) is -1.85. The molecule has 0 bridgehead atoms. The molecule has 0 saturated carbocycles. The molecule has 1 saturated heterocycles. The molecule has 1 fully saturated rings. The van der Waals surface area contributed by atoms with Crippen LogP contribution in [0.1, 0.15) is 23.2 Å². The maximum atomic E-state index is 12.9. The number of nitrogens with zero attached hydrogens (tertiary/aromatic N) is 2. The number of benzene rings is 3. The average Bonchev–Trinajstić information content (AvgIpc) is 3.30. The summed E-state index contributed by atoms with van der Waals surface area (Å²) in [7, 11) is 0. The number of halogens is 2. The van der Waals surface area contributed by atoms with E-state index in [4.69, 9.17) is 27.9 Å². The minimum Gasteiger partial charge on any atom is -0.454 e. The molecule has 0 aliphatic carbocycles. The van der Waals surface area contributed by atoms with Crippen LogP contribution in [-0.2, 0) is 14.3 Å². The van der Waals surface area contributed by atoms with E-state index < -0.39 is 22.9 Å². The van der Waals surface area contributed by atoms with Gasteiger partial charge in [-0.3, -0.25) is 24.5 Å². The maximum Gasteiger partial charge on any atom is 0.312 e. The van der Waals surface area contributed by atoms with Gasteiger partial charge in [-0.05, 0) is 59.7 Å². The summed E-state index contributed by atoms with van der Waals surface area (Å²) in [6.45, 7) is 0.122. The van der Waals surface area contributed by atoms with Crippen LogP contribution < -0.4 is 4.90 Å². The van der Waals surface area contributed by atoms with Gasteiger partial charge >= 0.3 is 5.97 Å². The number of alkyl halides is 1. The third-order valence-electron chi connectivity index (χ3n) is 6.10. The lowest BCUT2D eigenvalue weighted by molar-refractivity contribution is -0.384. The van der Waals surface area contributed by atoms with E-state index in [0.717, 1.165) is 11.1 Å². The number of rotatable bonds is 9. The number of carbonyl (C=O) groups excluding carboxylic acids is 3. The molecule has 37 heavy (non-hydrogen) atoms. The van der Waals surface area contributed by atoms with E-state index in [1.807, 2.05) is 0 Å². The van der Waals surface area contributed by atoms with Gasteiger partial charge in [0.15, 0.2) is 6.10 Å². The summed E-state index contributed by atoms with van der Waals surface area (Å²) in [6.07, 6.45) is -0.953. The Balaban J connectivity index is 1.42. The molecule has 8 nitrogen and oxygen atoms in total. The Hall–Kier alpha value is -3.75. The number of ketones is 1. The van der Waals surface area contributed by atoms with Gasteiger partial charge < -0.3 is 9.64 Å². The van der Waals surface area contributed by atoms with E-state index in [9.17, 15) is 24.5 Å². The number of hydrogen-bond donors (Lipinski definition) is 0. The highest BCUT2D eigenvalue weighted by molar-refractivity contribution is 6.30.